The molecule has 0 aromatic carbocycles. The fraction of sp³-hybridized carbons (Fsp3) is 0.850. The third kappa shape index (κ3) is 3.79. The molecule has 2 rings (SSSR count). The van der Waals surface area contributed by atoms with Gasteiger partial charge in [-0.15, -0.1) is 5.73 Å². The van der Waals surface area contributed by atoms with E-state index >= 15 is 0 Å². The first-order chi connectivity index (χ1) is 9.58. The Kier molecular flexibility index (Phi) is 5.56. The van der Waals surface area contributed by atoms with Crippen molar-refractivity contribution in [2.45, 2.75) is 79.1 Å². The molecule has 0 spiro atoms. The van der Waals surface area contributed by atoms with Gasteiger partial charge in [-0.25, -0.2) is 0 Å². The third-order valence-electron chi connectivity index (χ3n) is 5.93. The zero-order valence-electron chi connectivity index (χ0n) is 14.1. The topological polar surface area (TPSA) is 0 Å². The lowest BCUT2D eigenvalue weighted by atomic mass is 9.64. The summed E-state index contributed by atoms with van der Waals surface area (Å²) in [5.74, 6) is 3.40. The molecule has 2 aliphatic carbocycles. The first-order valence-corrected chi connectivity index (χ1v) is 8.99. The van der Waals surface area contributed by atoms with Gasteiger partial charge in [-0.3, -0.25) is 0 Å². The highest BCUT2D eigenvalue weighted by Crippen LogP contribution is 2.55. The molecule has 0 nitrogen and oxygen atoms in total. The van der Waals surface area contributed by atoms with Gasteiger partial charge < -0.3 is 0 Å². The molecule has 1 saturated carbocycles. The predicted octanol–water partition coefficient (Wildman–Crippen LogP) is 6.38. The average molecular weight is 274 g/mol. The van der Waals surface area contributed by atoms with E-state index in [0.29, 0.717) is 5.41 Å². The van der Waals surface area contributed by atoms with Crippen molar-refractivity contribution in [3.8, 4) is 0 Å². The largest absolute Gasteiger partial charge is 0.129 e. The molecule has 4 atom stereocenters. The normalized spacial score (nSPS) is 34.1. The van der Waals surface area contributed by atoms with Gasteiger partial charge in [0, 0.05) is 0 Å². The monoisotopic (exact) mass is 274 g/mol. The van der Waals surface area contributed by atoms with E-state index in [1.54, 1.807) is 0 Å². The van der Waals surface area contributed by atoms with Gasteiger partial charge in [-0.2, -0.15) is 0 Å². The Morgan fingerprint density at radius 3 is 2.60 bits per heavy atom. The molecule has 0 N–H and O–H groups in total. The minimum absolute atomic E-state index is 0.528. The summed E-state index contributed by atoms with van der Waals surface area (Å²) < 4.78 is 0. The van der Waals surface area contributed by atoms with Crippen molar-refractivity contribution < 1.29 is 0 Å². The molecule has 0 aromatic heterocycles. The molecule has 20 heavy (non-hydrogen) atoms. The maximum absolute atomic E-state index is 3.54. The second kappa shape index (κ2) is 6.99. The van der Waals surface area contributed by atoms with Gasteiger partial charge in [-0.05, 0) is 79.8 Å². The maximum atomic E-state index is 3.54. The zero-order chi connectivity index (χ0) is 14.6. The summed E-state index contributed by atoms with van der Waals surface area (Å²) in [5.41, 5.74) is 4.07. The maximum Gasteiger partial charge on any atom is -0.00751 e. The van der Waals surface area contributed by atoms with E-state index < -0.39 is 0 Å². The van der Waals surface area contributed by atoms with Gasteiger partial charge >= 0.3 is 0 Å². The highest BCUT2D eigenvalue weighted by Gasteiger charge is 2.46. The van der Waals surface area contributed by atoms with Gasteiger partial charge in [0.25, 0.3) is 0 Å². The quantitative estimate of drug-likeness (QED) is 0.510. The predicted molar refractivity (Wildman–Crippen MR) is 88.7 cm³/mol. The number of unbranched alkanes of at least 4 members (excludes halogenated alkanes) is 1. The smallest absolute Gasteiger partial charge is 0.00751 e. The Balaban J connectivity index is 2.20. The highest BCUT2D eigenvalue weighted by molar-refractivity contribution is 5.05. The van der Waals surface area contributed by atoms with Gasteiger partial charge in [0.05, 0.1) is 0 Å². The molecule has 4 unspecified atom stereocenters. The zero-order valence-corrected chi connectivity index (χ0v) is 14.1. The Hall–Kier alpha value is -0.480. The fourth-order valence-electron chi connectivity index (χ4n) is 4.47. The van der Waals surface area contributed by atoms with Gasteiger partial charge in [-0.1, -0.05) is 40.5 Å². The average Bonchev–Trinajstić information content (AvgIpc) is 3.23. The summed E-state index contributed by atoms with van der Waals surface area (Å²) in [4.78, 5) is 0. The standard InChI is InChI=1S/C20H34/c1-5-6-14-20(4,18-12-13-18)19-11-9-7-8-10-16(2)15-17(19)3/h7,11,16-19H,5-6,8,10,12-15H2,1-4H3. The Bertz CT molecular complexity index is 356. The molecule has 0 radical (unpaired) electrons. The molecule has 114 valence electrons. The van der Waals surface area contributed by atoms with Gasteiger partial charge in [0.15, 0.2) is 0 Å². The Morgan fingerprint density at radius 2 is 1.95 bits per heavy atom. The van der Waals surface area contributed by atoms with Gasteiger partial charge in [0.2, 0.25) is 0 Å². The summed E-state index contributed by atoms with van der Waals surface area (Å²) in [6, 6.07) is 0. The SMILES string of the molecule is CCCCC(C)(C1CC1)C1C=C=CCCC(C)CC1C. The van der Waals surface area contributed by atoms with Crippen LogP contribution in [0.3, 0.4) is 0 Å². The van der Waals surface area contributed by atoms with E-state index in [0.717, 1.165) is 23.7 Å². The summed E-state index contributed by atoms with van der Waals surface area (Å²) in [6.07, 6.45) is 15.8. The van der Waals surface area contributed by atoms with E-state index in [1.165, 1.54) is 51.4 Å². The first-order valence-electron chi connectivity index (χ1n) is 8.99. The van der Waals surface area contributed by atoms with Crippen LogP contribution in [0.25, 0.3) is 0 Å². The van der Waals surface area contributed by atoms with E-state index in [4.69, 9.17) is 0 Å². The highest BCUT2D eigenvalue weighted by atomic mass is 14.5. The van der Waals surface area contributed by atoms with Crippen molar-refractivity contribution in [2.75, 3.05) is 0 Å². The van der Waals surface area contributed by atoms with E-state index in [2.05, 4.69) is 45.6 Å². The lowest BCUT2D eigenvalue weighted by molar-refractivity contribution is 0.109. The van der Waals surface area contributed by atoms with Crippen LogP contribution in [0.4, 0.5) is 0 Å². The number of hydrogen-bond donors (Lipinski definition) is 0. The van der Waals surface area contributed by atoms with Crippen LogP contribution >= 0.6 is 0 Å². The third-order valence-corrected chi connectivity index (χ3v) is 5.93. The molecular weight excluding hydrogens is 240 g/mol. The molecular formula is C20H34. The van der Waals surface area contributed by atoms with Crippen molar-refractivity contribution in [3.63, 3.8) is 0 Å². The molecule has 0 heterocycles. The lowest BCUT2D eigenvalue weighted by Gasteiger charge is -2.40. The van der Waals surface area contributed by atoms with Crippen molar-refractivity contribution in [2.24, 2.45) is 29.1 Å². The minimum atomic E-state index is 0.528. The van der Waals surface area contributed by atoms with Crippen molar-refractivity contribution in [3.05, 3.63) is 17.9 Å². The second-order valence-corrected chi connectivity index (χ2v) is 7.84. The summed E-state index contributed by atoms with van der Waals surface area (Å²) in [5, 5.41) is 0. The van der Waals surface area contributed by atoms with Gasteiger partial charge in [0.1, 0.15) is 0 Å². The van der Waals surface area contributed by atoms with Crippen LogP contribution in [0.2, 0.25) is 0 Å². The molecule has 0 amide bonds. The minimum Gasteiger partial charge on any atom is -0.129 e. The van der Waals surface area contributed by atoms with E-state index in [1.807, 2.05) is 0 Å². The summed E-state index contributed by atoms with van der Waals surface area (Å²) in [6.45, 7) is 9.85. The van der Waals surface area contributed by atoms with Crippen LogP contribution in [-0.4, -0.2) is 0 Å². The van der Waals surface area contributed by atoms with Crippen molar-refractivity contribution in [1.82, 2.24) is 0 Å². The number of allylic oxidation sites excluding steroid dienone is 1. The van der Waals surface area contributed by atoms with E-state index in [9.17, 15) is 0 Å². The Morgan fingerprint density at radius 1 is 1.20 bits per heavy atom. The second-order valence-electron chi connectivity index (χ2n) is 7.84. The van der Waals surface area contributed by atoms with Crippen LogP contribution in [0.5, 0.6) is 0 Å². The molecule has 0 aliphatic heterocycles. The lowest BCUT2D eigenvalue weighted by Crippen LogP contribution is -2.33. The van der Waals surface area contributed by atoms with Crippen LogP contribution in [0.15, 0.2) is 17.9 Å². The van der Waals surface area contributed by atoms with E-state index in [-0.39, 0.29) is 0 Å². The summed E-state index contributed by atoms with van der Waals surface area (Å²) in [7, 11) is 0. The molecule has 0 aromatic rings. The molecule has 0 heteroatoms. The number of hydrogen-bond acceptors (Lipinski definition) is 0. The van der Waals surface area contributed by atoms with Crippen LogP contribution in [0.1, 0.15) is 79.1 Å². The molecule has 0 saturated heterocycles. The van der Waals surface area contributed by atoms with Crippen molar-refractivity contribution >= 4 is 0 Å². The van der Waals surface area contributed by atoms with Crippen LogP contribution in [-0.2, 0) is 0 Å². The number of rotatable bonds is 5. The molecule has 2 aliphatic rings. The first kappa shape index (κ1) is 15.9. The van der Waals surface area contributed by atoms with Crippen LogP contribution in [0, 0.1) is 29.1 Å². The molecule has 1 fully saturated rings. The Labute approximate surface area is 126 Å². The summed E-state index contributed by atoms with van der Waals surface area (Å²) >= 11 is 0. The fourth-order valence-corrected chi connectivity index (χ4v) is 4.47. The molecule has 0 bridgehead atoms. The van der Waals surface area contributed by atoms with Crippen LogP contribution < -0.4 is 0 Å². The van der Waals surface area contributed by atoms with Crippen molar-refractivity contribution in [1.29, 1.82) is 0 Å².